The van der Waals surface area contributed by atoms with E-state index in [1.165, 1.54) is 18.5 Å². The quantitative estimate of drug-likeness (QED) is 0.814. The minimum Gasteiger partial charge on any atom is -0.497 e. The first kappa shape index (κ1) is 17.8. The molecule has 1 N–H and O–H groups in total. The summed E-state index contributed by atoms with van der Waals surface area (Å²) in [5.74, 6) is 1.56. The van der Waals surface area contributed by atoms with Crippen LogP contribution in [-0.2, 0) is 7.05 Å². The highest BCUT2D eigenvalue weighted by Crippen LogP contribution is 2.33. The molecule has 0 spiro atoms. The maximum Gasteiger partial charge on any atom is 0.173 e. The third-order valence-corrected chi connectivity index (χ3v) is 5.42. The number of ether oxygens (including phenoxy) is 1. The van der Waals surface area contributed by atoms with Gasteiger partial charge in [-0.15, -0.1) is 0 Å². The summed E-state index contributed by atoms with van der Waals surface area (Å²) >= 11 is 5.79. The summed E-state index contributed by atoms with van der Waals surface area (Å²) in [6.07, 6.45) is 5.63. The molecule has 1 aromatic heterocycles. The number of nitrogens with zero attached hydrogens (tertiary/aromatic N) is 2. The molecule has 134 valence electrons. The van der Waals surface area contributed by atoms with Crippen LogP contribution in [0.5, 0.6) is 5.75 Å². The second-order valence-electron chi connectivity index (χ2n) is 6.89. The second kappa shape index (κ2) is 7.91. The van der Waals surface area contributed by atoms with Crippen LogP contribution < -0.4 is 10.1 Å². The molecule has 1 aliphatic heterocycles. The molecule has 5 heteroatoms. The summed E-state index contributed by atoms with van der Waals surface area (Å²) in [5, 5.41) is 4.19. The van der Waals surface area contributed by atoms with Gasteiger partial charge in [0.25, 0.3) is 0 Å². The van der Waals surface area contributed by atoms with Crippen LogP contribution in [0.4, 0.5) is 5.69 Å². The Hall–Kier alpha value is -2.01. The van der Waals surface area contributed by atoms with Gasteiger partial charge in [-0.3, -0.25) is 0 Å². The van der Waals surface area contributed by atoms with Crippen molar-refractivity contribution in [2.75, 3.05) is 19.0 Å². The van der Waals surface area contributed by atoms with E-state index < -0.39 is 0 Å². The molecule has 1 aromatic carbocycles. The van der Waals surface area contributed by atoms with Crippen molar-refractivity contribution in [2.45, 2.75) is 32.2 Å². The zero-order chi connectivity index (χ0) is 17.8. The fourth-order valence-corrected chi connectivity index (χ4v) is 3.86. The maximum absolute atomic E-state index is 5.79. The monoisotopic (exact) mass is 357 g/mol. The highest BCUT2D eigenvalue weighted by atomic mass is 32.1. The van der Waals surface area contributed by atoms with Crippen LogP contribution in [0.2, 0.25) is 0 Å². The Morgan fingerprint density at radius 2 is 2.04 bits per heavy atom. The van der Waals surface area contributed by atoms with E-state index in [0.29, 0.717) is 6.04 Å². The minimum absolute atomic E-state index is 0.315. The van der Waals surface area contributed by atoms with Gasteiger partial charge in [0.1, 0.15) is 5.75 Å². The number of aryl methyl sites for hydroxylation is 1. The molecule has 4 nitrogen and oxygen atoms in total. The summed E-state index contributed by atoms with van der Waals surface area (Å²) in [6, 6.07) is 12.5. The number of benzene rings is 1. The summed E-state index contributed by atoms with van der Waals surface area (Å²) < 4.78 is 7.52. The van der Waals surface area contributed by atoms with Gasteiger partial charge < -0.3 is 19.5 Å². The molecule has 0 saturated carbocycles. The summed E-state index contributed by atoms with van der Waals surface area (Å²) in [5.41, 5.74) is 2.29. The third kappa shape index (κ3) is 4.15. The topological polar surface area (TPSA) is 29.4 Å². The van der Waals surface area contributed by atoms with Crippen LogP contribution in [-0.4, -0.2) is 28.2 Å². The molecule has 2 atom stereocenters. The molecular weight excluding hydrogens is 330 g/mol. The summed E-state index contributed by atoms with van der Waals surface area (Å²) in [7, 11) is 3.79. The second-order valence-corrected chi connectivity index (χ2v) is 7.27. The van der Waals surface area contributed by atoms with E-state index >= 15 is 0 Å². The van der Waals surface area contributed by atoms with Crippen LogP contribution in [0.25, 0.3) is 0 Å². The standard InChI is InChI=1S/C20H27N3OS/c1-15-9-10-19(18-8-5-12-22(18)2)23(13-11-15)20(25)21-16-6-4-7-17(14-16)24-3/h4-8,12,14-15,19H,9-11,13H2,1-3H3,(H,21,25)/t15-,19-/m1/s1. The first-order valence-electron chi connectivity index (χ1n) is 8.91. The predicted molar refractivity (Wildman–Crippen MR) is 107 cm³/mol. The number of hydrogen-bond acceptors (Lipinski definition) is 2. The Labute approximate surface area is 155 Å². The molecule has 1 fully saturated rings. The molecular formula is C20H27N3OS. The number of hydrogen-bond donors (Lipinski definition) is 1. The van der Waals surface area contributed by atoms with Crippen molar-refractivity contribution < 1.29 is 4.74 Å². The lowest BCUT2D eigenvalue weighted by atomic mass is 10.0. The van der Waals surface area contributed by atoms with Crippen molar-refractivity contribution in [1.82, 2.24) is 9.47 Å². The minimum atomic E-state index is 0.315. The Morgan fingerprint density at radius 3 is 2.76 bits per heavy atom. The molecule has 3 rings (SSSR count). The van der Waals surface area contributed by atoms with Crippen LogP contribution in [0, 0.1) is 5.92 Å². The van der Waals surface area contributed by atoms with Crippen molar-refractivity contribution in [3.05, 3.63) is 48.3 Å². The highest BCUT2D eigenvalue weighted by Gasteiger charge is 2.28. The average molecular weight is 358 g/mol. The molecule has 0 radical (unpaired) electrons. The zero-order valence-electron chi connectivity index (χ0n) is 15.2. The maximum atomic E-state index is 5.79. The SMILES string of the molecule is COc1cccc(NC(=S)N2CC[C@H](C)CC[C@@H]2c2cccn2C)c1. The Morgan fingerprint density at radius 1 is 1.20 bits per heavy atom. The van der Waals surface area contributed by atoms with Crippen molar-refractivity contribution in [3.8, 4) is 5.75 Å². The number of anilines is 1. The lowest BCUT2D eigenvalue weighted by Gasteiger charge is -2.33. The number of thiocarbonyl (C=S) groups is 1. The number of aromatic nitrogens is 1. The highest BCUT2D eigenvalue weighted by molar-refractivity contribution is 7.80. The number of likely N-dealkylation sites (tertiary alicyclic amines) is 1. The van der Waals surface area contributed by atoms with Gasteiger partial charge in [-0.2, -0.15) is 0 Å². The molecule has 1 saturated heterocycles. The fraction of sp³-hybridized carbons (Fsp3) is 0.450. The van der Waals surface area contributed by atoms with Gasteiger partial charge in [0, 0.05) is 37.2 Å². The van der Waals surface area contributed by atoms with Crippen molar-refractivity contribution >= 4 is 23.0 Å². The van der Waals surface area contributed by atoms with Gasteiger partial charge in [0.2, 0.25) is 0 Å². The molecule has 2 aromatic rings. The van der Waals surface area contributed by atoms with E-state index in [0.717, 1.165) is 35.4 Å². The normalized spacial score (nSPS) is 20.8. The van der Waals surface area contributed by atoms with E-state index in [1.807, 2.05) is 24.3 Å². The Balaban J connectivity index is 1.82. The zero-order valence-corrected chi connectivity index (χ0v) is 16.1. The van der Waals surface area contributed by atoms with Crippen molar-refractivity contribution in [2.24, 2.45) is 13.0 Å². The van der Waals surface area contributed by atoms with Crippen LogP contribution in [0.1, 0.15) is 37.9 Å². The van der Waals surface area contributed by atoms with E-state index in [4.69, 9.17) is 17.0 Å². The molecule has 1 aliphatic rings. The molecule has 0 bridgehead atoms. The van der Waals surface area contributed by atoms with Crippen LogP contribution >= 0.6 is 12.2 Å². The van der Waals surface area contributed by atoms with Gasteiger partial charge in [-0.25, -0.2) is 0 Å². The molecule has 0 unspecified atom stereocenters. The lowest BCUT2D eigenvalue weighted by molar-refractivity contribution is 0.314. The number of methoxy groups -OCH3 is 1. The van der Waals surface area contributed by atoms with E-state index in [-0.39, 0.29) is 0 Å². The lowest BCUT2D eigenvalue weighted by Crippen LogP contribution is -2.38. The van der Waals surface area contributed by atoms with Gasteiger partial charge in [0.05, 0.1) is 13.2 Å². The largest absolute Gasteiger partial charge is 0.497 e. The molecule has 2 heterocycles. The molecule has 0 amide bonds. The van der Waals surface area contributed by atoms with Crippen LogP contribution in [0.3, 0.4) is 0 Å². The predicted octanol–water partition coefficient (Wildman–Crippen LogP) is 4.59. The van der Waals surface area contributed by atoms with Crippen molar-refractivity contribution in [1.29, 1.82) is 0 Å². The van der Waals surface area contributed by atoms with E-state index in [9.17, 15) is 0 Å². The van der Waals surface area contributed by atoms with Gasteiger partial charge in [-0.05, 0) is 61.7 Å². The Kier molecular flexibility index (Phi) is 5.63. The molecule has 0 aliphatic carbocycles. The number of nitrogens with one attached hydrogen (secondary N) is 1. The van der Waals surface area contributed by atoms with Gasteiger partial charge >= 0.3 is 0 Å². The first-order valence-corrected chi connectivity index (χ1v) is 9.32. The third-order valence-electron chi connectivity index (χ3n) is 5.08. The van der Waals surface area contributed by atoms with E-state index in [2.05, 4.69) is 47.1 Å². The van der Waals surface area contributed by atoms with E-state index in [1.54, 1.807) is 7.11 Å². The Bertz CT molecular complexity index is 727. The van der Waals surface area contributed by atoms with Gasteiger partial charge in [0.15, 0.2) is 5.11 Å². The molecule has 25 heavy (non-hydrogen) atoms. The fourth-order valence-electron chi connectivity index (χ4n) is 3.53. The summed E-state index contributed by atoms with van der Waals surface area (Å²) in [4.78, 5) is 2.35. The van der Waals surface area contributed by atoms with Crippen molar-refractivity contribution in [3.63, 3.8) is 0 Å². The van der Waals surface area contributed by atoms with Gasteiger partial charge in [-0.1, -0.05) is 13.0 Å². The number of rotatable bonds is 3. The van der Waals surface area contributed by atoms with Crippen LogP contribution in [0.15, 0.2) is 42.6 Å². The first-order chi connectivity index (χ1) is 12.1. The average Bonchev–Trinajstić information content (AvgIpc) is 2.93. The smallest absolute Gasteiger partial charge is 0.173 e. The summed E-state index contributed by atoms with van der Waals surface area (Å²) in [6.45, 7) is 3.32.